The number of carbonyl (C=O) groups excluding carboxylic acids is 1. The highest BCUT2D eigenvalue weighted by atomic mass is 35.5. The first-order chi connectivity index (χ1) is 10.8. The minimum Gasteiger partial charge on any atom is -0.503 e. The summed E-state index contributed by atoms with van der Waals surface area (Å²) < 4.78 is 9.91. The van der Waals surface area contributed by atoms with Gasteiger partial charge in [-0.25, -0.2) is 0 Å². The van der Waals surface area contributed by atoms with Crippen LogP contribution in [0.3, 0.4) is 0 Å². The molecule has 0 aliphatic carbocycles. The van der Waals surface area contributed by atoms with Gasteiger partial charge in [0.05, 0.1) is 14.2 Å². The molecule has 130 valence electrons. The Hall–Kier alpha value is -1.40. The third-order valence-electron chi connectivity index (χ3n) is 3.70. The molecule has 0 saturated carbocycles. The zero-order valence-corrected chi connectivity index (χ0v) is 15.0. The third kappa shape index (κ3) is 4.32. The lowest BCUT2D eigenvalue weighted by Gasteiger charge is -2.20. The van der Waals surface area contributed by atoms with Crippen LogP contribution in [0, 0.1) is 11.8 Å². The number of halogens is 2. The molecular formula is C15H21Cl2NO5. The van der Waals surface area contributed by atoms with Crippen LogP contribution in [0.1, 0.15) is 30.6 Å². The van der Waals surface area contributed by atoms with E-state index in [0.717, 1.165) is 0 Å². The minimum absolute atomic E-state index is 0.0190. The normalized spacial score (nSPS) is 14.9. The van der Waals surface area contributed by atoms with Crippen molar-refractivity contribution in [2.45, 2.75) is 25.6 Å². The van der Waals surface area contributed by atoms with E-state index < -0.39 is 23.0 Å². The van der Waals surface area contributed by atoms with Crippen molar-refractivity contribution in [2.24, 2.45) is 11.8 Å². The first-order valence-corrected chi connectivity index (χ1v) is 8.06. The highest BCUT2D eigenvalue weighted by molar-refractivity contribution is 6.28. The van der Waals surface area contributed by atoms with Gasteiger partial charge in [-0.2, -0.15) is 0 Å². The van der Waals surface area contributed by atoms with Crippen molar-refractivity contribution in [1.82, 2.24) is 4.98 Å². The SMILES string of the molecule is COc1[nH]c(=O)c(C(=O)[C@@H](C)C[C@H](C)C(Cl)CCl)c(O)c1OC. The highest BCUT2D eigenvalue weighted by Crippen LogP contribution is 2.36. The Balaban J connectivity index is 3.15. The van der Waals surface area contributed by atoms with Crippen molar-refractivity contribution in [3.63, 3.8) is 0 Å². The number of rotatable bonds is 8. The Labute approximate surface area is 144 Å². The summed E-state index contributed by atoms with van der Waals surface area (Å²) in [6.45, 7) is 3.55. The number of hydrogen-bond acceptors (Lipinski definition) is 5. The van der Waals surface area contributed by atoms with Crippen molar-refractivity contribution in [3.05, 3.63) is 15.9 Å². The van der Waals surface area contributed by atoms with Gasteiger partial charge >= 0.3 is 0 Å². The highest BCUT2D eigenvalue weighted by Gasteiger charge is 2.29. The van der Waals surface area contributed by atoms with Crippen LogP contribution in [-0.2, 0) is 0 Å². The Kier molecular flexibility index (Phi) is 7.22. The number of aromatic hydroxyl groups is 1. The molecule has 0 aromatic carbocycles. The zero-order chi connectivity index (χ0) is 17.7. The molecule has 0 bridgehead atoms. The van der Waals surface area contributed by atoms with Gasteiger partial charge in [-0.15, -0.1) is 23.2 Å². The predicted octanol–water partition coefficient (Wildman–Crippen LogP) is 2.79. The summed E-state index contributed by atoms with van der Waals surface area (Å²) in [5, 5.41) is 9.92. The summed E-state index contributed by atoms with van der Waals surface area (Å²) in [6, 6.07) is 0. The average Bonchev–Trinajstić information content (AvgIpc) is 2.52. The van der Waals surface area contributed by atoms with Crippen LogP contribution in [0.4, 0.5) is 0 Å². The fourth-order valence-electron chi connectivity index (χ4n) is 2.32. The van der Waals surface area contributed by atoms with E-state index in [1.54, 1.807) is 6.92 Å². The van der Waals surface area contributed by atoms with Gasteiger partial charge < -0.3 is 14.6 Å². The number of ketones is 1. The van der Waals surface area contributed by atoms with Gasteiger partial charge in [0.2, 0.25) is 11.6 Å². The van der Waals surface area contributed by atoms with Gasteiger partial charge in [0.25, 0.3) is 5.56 Å². The number of carbonyl (C=O) groups is 1. The fourth-order valence-corrected chi connectivity index (χ4v) is 2.73. The molecule has 0 fully saturated rings. The lowest BCUT2D eigenvalue weighted by molar-refractivity contribution is 0.0908. The number of ether oxygens (including phenoxy) is 2. The van der Waals surface area contributed by atoms with Crippen LogP contribution < -0.4 is 15.0 Å². The maximum Gasteiger partial charge on any atom is 0.265 e. The molecule has 1 aromatic rings. The van der Waals surface area contributed by atoms with E-state index in [1.165, 1.54) is 14.2 Å². The molecule has 2 N–H and O–H groups in total. The molecule has 0 aliphatic rings. The molecule has 1 heterocycles. The quantitative estimate of drug-likeness (QED) is 0.546. The van der Waals surface area contributed by atoms with Crippen LogP contribution in [-0.4, -0.2) is 41.4 Å². The van der Waals surface area contributed by atoms with Gasteiger partial charge in [-0.05, 0) is 12.3 Å². The van der Waals surface area contributed by atoms with E-state index >= 15 is 0 Å². The Morgan fingerprint density at radius 1 is 1.30 bits per heavy atom. The molecule has 8 heteroatoms. The molecule has 0 amide bonds. The molecule has 1 aromatic heterocycles. The fraction of sp³-hybridized carbons (Fsp3) is 0.600. The summed E-state index contributed by atoms with van der Waals surface area (Å²) in [6.07, 6.45) is 0.437. The first-order valence-electron chi connectivity index (χ1n) is 7.09. The predicted molar refractivity (Wildman–Crippen MR) is 89.5 cm³/mol. The van der Waals surface area contributed by atoms with Gasteiger partial charge in [0, 0.05) is 17.2 Å². The van der Waals surface area contributed by atoms with E-state index in [0.29, 0.717) is 6.42 Å². The van der Waals surface area contributed by atoms with Crippen LogP contribution in [0.15, 0.2) is 4.79 Å². The molecule has 1 rings (SSSR count). The van der Waals surface area contributed by atoms with E-state index in [1.807, 2.05) is 6.92 Å². The van der Waals surface area contributed by atoms with Crippen molar-refractivity contribution in [3.8, 4) is 17.4 Å². The van der Waals surface area contributed by atoms with Gasteiger partial charge in [-0.1, -0.05) is 13.8 Å². The lowest BCUT2D eigenvalue weighted by atomic mass is 9.89. The van der Waals surface area contributed by atoms with Gasteiger partial charge in [-0.3, -0.25) is 14.6 Å². The van der Waals surface area contributed by atoms with E-state index in [9.17, 15) is 14.7 Å². The number of methoxy groups -OCH3 is 2. The minimum atomic E-state index is -0.732. The summed E-state index contributed by atoms with van der Waals surface area (Å²) in [5.41, 5.74) is -1.08. The number of aromatic amines is 1. The molecule has 0 radical (unpaired) electrons. The number of H-pyrrole nitrogens is 1. The average molecular weight is 366 g/mol. The van der Waals surface area contributed by atoms with Crippen LogP contribution >= 0.6 is 23.2 Å². The second-order valence-electron chi connectivity index (χ2n) is 5.39. The summed E-state index contributed by atoms with van der Waals surface area (Å²) in [7, 11) is 2.61. The Morgan fingerprint density at radius 3 is 2.39 bits per heavy atom. The molecular weight excluding hydrogens is 345 g/mol. The second kappa shape index (κ2) is 8.45. The van der Waals surface area contributed by atoms with Crippen molar-refractivity contribution < 1.29 is 19.4 Å². The molecule has 0 aliphatic heterocycles. The van der Waals surface area contributed by atoms with Crippen molar-refractivity contribution in [2.75, 3.05) is 20.1 Å². The summed E-state index contributed by atoms with van der Waals surface area (Å²) >= 11 is 11.8. The van der Waals surface area contributed by atoms with E-state index in [2.05, 4.69) is 4.98 Å². The summed E-state index contributed by atoms with van der Waals surface area (Å²) in [5.74, 6) is -1.42. The van der Waals surface area contributed by atoms with E-state index in [-0.39, 0.29) is 34.4 Å². The number of aromatic nitrogens is 1. The number of Topliss-reactive ketones (excluding diaryl/α,β-unsaturated/α-hetero) is 1. The molecule has 0 saturated heterocycles. The first kappa shape index (κ1) is 19.6. The molecule has 23 heavy (non-hydrogen) atoms. The number of alkyl halides is 2. The molecule has 0 spiro atoms. The second-order valence-corrected chi connectivity index (χ2v) is 6.26. The standard InChI is InChI=1S/C15H21Cl2NO5/c1-7(9(17)6-16)5-8(2)11(19)10-12(20)13(22-3)15(23-4)18-14(10)21/h7-9H,5-6H2,1-4H3,(H2,18,20,21)/t7-,8-,9?/m0/s1. The monoisotopic (exact) mass is 365 g/mol. The summed E-state index contributed by atoms with van der Waals surface area (Å²) in [4.78, 5) is 27.0. The van der Waals surface area contributed by atoms with Crippen molar-refractivity contribution in [1.29, 1.82) is 0 Å². The van der Waals surface area contributed by atoms with Crippen LogP contribution in [0.25, 0.3) is 0 Å². The Bertz CT molecular complexity index is 617. The lowest BCUT2D eigenvalue weighted by Crippen LogP contribution is -2.26. The maximum absolute atomic E-state index is 12.5. The maximum atomic E-state index is 12.5. The smallest absolute Gasteiger partial charge is 0.265 e. The third-order valence-corrected chi connectivity index (χ3v) is 4.78. The van der Waals surface area contributed by atoms with Crippen LogP contribution in [0.2, 0.25) is 0 Å². The molecule has 6 nitrogen and oxygen atoms in total. The van der Waals surface area contributed by atoms with Crippen molar-refractivity contribution >= 4 is 29.0 Å². The number of pyridine rings is 1. The number of nitrogens with one attached hydrogen (secondary N) is 1. The number of hydrogen-bond donors (Lipinski definition) is 2. The zero-order valence-electron chi connectivity index (χ0n) is 13.5. The van der Waals surface area contributed by atoms with Crippen LogP contribution in [0.5, 0.6) is 17.4 Å². The molecule has 1 unspecified atom stereocenters. The van der Waals surface area contributed by atoms with Gasteiger partial charge in [0.15, 0.2) is 11.5 Å². The largest absolute Gasteiger partial charge is 0.503 e. The van der Waals surface area contributed by atoms with E-state index in [4.69, 9.17) is 32.7 Å². The topological polar surface area (TPSA) is 88.6 Å². The molecule has 3 atom stereocenters. The Morgan fingerprint density at radius 2 is 1.91 bits per heavy atom. The van der Waals surface area contributed by atoms with Gasteiger partial charge in [0.1, 0.15) is 5.56 Å².